The van der Waals surface area contributed by atoms with Gasteiger partial charge in [-0.1, -0.05) is 50.0 Å². The monoisotopic (exact) mass is 414 g/mol. The number of aryl methyl sites for hydroxylation is 1. The molecule has 1 saturated heterocycles. The average Bonchev–Trinajstić information content (AvgIpc) is 2.91. The van der Waals surface area contributed by atoms with Gasteiger partial charge in [-0.05, 0) is 30.5 Å². The maximum atomic E-state index is 13.2. The second kappa shape index (κ2) is 8.28. The highest BCUT2D eigenvalue weighted by Crippen LogP contribution is 2.32. The van der Waals surface area contributed by atoms with Gasteiger partial charge in [-0.2, -0.15) is 0 Å². The van der Waals surface area contributed by atoms with Gasteiger partial charge in [0.15, 0.2) is 0 Å². The summed E-state index contributed by atoms with van der Waals surface area (Å²) in [5.41, 5.74) is 1.62. The number of carbonyl (C=O) groups excluding carboxylic acids is 1. The number of nitrogens with one attached hydrogen (secondary N) is 1. The Bertz CT molecular complexity index is 1060. The molecule has 0 saturated carbocycles. The number of rotatable bonds is 6. The third-order valence-corrected chi connectivity index (χ3v) is 5.52. The minimum absolute atomic E-state index is 0.224. The molecule has 0 unspecified atom stereocenters. The van der Waals surface area contributed by atoms with Gasteiger partial charge in [0.1, 0.15) is 15.8 Å². The fourth-order valence-electron chi connectivity index (χ4n) is 2.74. The van der Waals surface area contributed by atoms with E-state index in [0.717, 1.165) is 5.56 Å². The molecule has 3 rings (SSSR count). The van der Waals surface area contributed by atoms with Crippen LogP contribution in [0.1, 0.15) is 25.0 Å². The van der Waals surface area contributed by atoms with Crippen LogP contribution in [0.2, 0.25) is 0 Å². The molecule has 28 heavy (non-hydrogen) atoms. The number of aromatic nitrogens is 2. The fraction of sp³-hybridized carbons (Fsp3) is 0.300. The summed E-state index contributed by atoms with van der Waals surface area (Å²) in [4.78, 5) is 32.3. The van der Waals surface area contributed by atoms with Crippen LogP contribution in [-0.2, 0) is 4.79 Å². The van der Waals surface area contributed by atoms with Crippen LogP contribution in [0.15, 0.2) is 40.7 Å². The molecule has 8 heteroatoms. The quantitative estimate of drug-likeness (QED) is 0.444. The van der Waals surface area contributed by atoms with Gasteiger partial charge in [0, 0.05) is 19.3 Å². The molecule has 0 aromatic carbocycles. The number of carbonyl (C=O) groups is 1. The third kappa shape index (κ3) is 4.02. The van der Waals surface area contributed by atoms with Gasteiger partial charge >= 0.3 is 0 Å². The molecular formula is C20H22N4O2S2. The molecule has 0 aliphatic carbocycles. The Labute approximate surface area is 173 Å². The summed E-state index contributed by atoms with van der Waals surface area (Å²) in [5, 5.41) is 3.24. The van der Waals surface area contributed by atoms with Crippen molar-refractivity contribution in [1.82, 2.24) is 14.3 Å². The standard InChI is InChI=1S/C20H22N4O2S2/c1-5-8-23-19(26)15(28-20(23)27)9-14-17(21-10-12(2)3)22-16-7-6-13(4)11-24(16)18(14)25/h5-7,9,11-12,21H,1,8,10H2,2-4H3/b15-9-. The second-order valence-electron chi connectivity index (χ2n) is 6.97. The summed E-state index contributed by atoms with van der Waals surface area (Å²) in [6.45, 7) is 10.7. The Balaban J connectivity index is 2.15. The van der Waals surface area contributed by atoms with E-state index in [2.05, 4.69) is 30.7 Å². The molecule has 6 nitrogen and oxygen atoms in total. The third-order valence-electron chi connectivity index (χ3n) is 4.14. The average molecular weight is 415 g/mol. The summed E-state index contributed by atoms with van der Waals surface area (Å²) in [6, 6.07) is 3.72. The number of hydrogen-bond donors (Lipinski definition) is 1. The van der Waals surface area contributed by atoms with Crippen molar-refractivity contribution in [3.63, 3.8) is 0 Å². The van der Waals surface area contributed by atoms with Crippen molar-refractivity contribution >= 4 is 51.7 Å². The van der Waals surface area contributed by atoms with E-state index in [-0.39, 0.29) is 11.5 Å². The first-order valence-corrected chi connectivity index (χ1v) is 10.2. The van der Waals surface area contributed by atoms with E-state index >= 15 is 0 Å². The first kappa shape index (κ1) is 20.3. The van der Waals surface area contributed by atoms with Crippen LogP contribution >= 0.6 is 24.0 Å². The molecule has 0 spiro atoms. The van der Waals surface area contributed by atoms with Crippen LogP contribution in [-0.4, -0.2) is 37.6 Å². The van der Waals surface area contributed by atoms with Crippen LogP contribution in [0.25, 0.3) is 11.7 Å². The van der Waals surface area contributed by atoms with Gasteiger partial charge in [-0.15, -0.1) is 6.58 Å². The van der Waals surface area contributed by atoms with Crippen LogP contribution in [0.5, 0.6) is 0 Å². The van der Waals surface area contributed by atoms with Crippen LogP contribution < -0.4 is 10.9 Å². The number of thiocarbonyl (C=S) groups is 1. The predicted octanol–water partition coefficient (Wildman–Crippen LogP) is 3.46. The lowest BCUT2D eigenvalue weighted by atomic mass is 10.2. The van der Waals surface area contributed by atoms with Crippen LogP contribution in [0.4, 0.5) is 5.82 Å². The normalized spacial score (nSPS) is 15.9. The summed E-state index contributed by atoms with van der Waals surface area (Å²) >= 11 is 6.47. The van der Waals surface area contributed by atoms with Crippen molar-refractivity contribution < 1.29 is 4.79 Å². The second-order valence-corrected chi connectivity index (χ2v) is 8.65. The van der Waals surface area contributed by atoms with Gasteiger partial charge in [0.2, 0.25) is 0 Å². The smallest absolute Gasteiger partial charge is 0.267 e. The maximum Gasteiger partial charge on any atom is 0.267 e. The topological polar surface area (TPSA) is 66.7 Å². The van der Waals surface area contributed by atoms with Gasteiger partial charge < -0.3 is 5.32 Å². The molecule has 0 radical (unpaired) electrons. The molecule has 3 heterocycles. The first-order chi connectivity index (χ1) is 13.3. The molecule has 1 amide bonds. The molecule has 1 aliphatic rings. The number of nitrogens with zero attached hydrogens (tertiary/aromatic N) is 3. The van der Waals surface area contributed by atoms with Crippen molar-refractivity contribution in [1.29, 1.82) is 0 Å². The summed E-state index contributed by atoms with van der Waals surface area (Å²) in [5.74, 6) is 0.618. The number of fused-ring (bicyclic) bond motifs is 1. The Morgan fingerprint density at radius 2 is 2.11 bits per heavy atom. The minimum Gasteiger partial charge on any atom is -0.369 e. The molecule has 0 atom stereocenters. The number of anilines is 1. The zero-order valence-corrected chi connectivity index (χ0v) is 17.7. The van der Waals surface area contributed by atoms with Crippen LogP contribution in [0.3, 0.4) is 0 Å². The molecule has 1 fully saturated rings. The Morgan fingerprint density at radius 1 is 1.36 bits per heavy atom. The van der Waals surface area contributed by atoms with Crippen molar-refractivity contribution in [2.45, 2.75) is 20.8 Å². The van der Waals surface area contributed by atoms with Gasteiger partial charge in [-0.3, -0.25) is 18.9 Å². The largest absolute Gasteiger partial charge is 0.369 e. The Hall–Kier alpha value is -2.45. The molecular weight excluding hydrogens is 392 g/mol. The minimum atomic E-state index is -0.228. The highest BCUT2D eigenvalue weighted by atomic mass is 32.2. The lowest BCUT2D eigenvalue weighted by Crippen LogP contribution is -2.28. The Kier molecular flexibility index (Phi) is 6.00. The molecule has 1 aliphatic heterocycles. The van der Waals surface area contributed by atoms with Crippen molar-refractivity contribution in [3.05, 3.63) is 57.4 Å². The molecule has 0 bridgehead atoms. The highest BCUT2D eigenvalue weighted by Gasteiger charge is 2.31. The van der Waals surface area contributed by atoms with E-state index in [1.165, 1.54) is 21.1 Å². The van der Waals surface area contributed by atoms with Crippen molar-refractivity contribution in [2.24, 2.45) is 5.92 Å². The fourth-order valence-corrected chi connectivity index (χ4v) is 4.00. The molecule has 2 aromatic heterocycles. The lowest BCUT2D eigenvalue weighted by molar-refractivity contribution is -0.121. The maximum absolute atomic E-state index is 13.2. The van der Waals surface area contributed by atoms with E-state index < -0.39 is 0 Å². The molecule has 2 aromatic rings. The first-order valence-electron chi connectivity index (χ1n) is 8.95. The van der Waals surface area contributed by atoms with E-state index in [0.29, 0.717) is 45.3 Å². The van der Waals surface area contributed by atoms with Gasteiger partial charge in [-0.25, -0.2) is 4.98 Å². The SMILES string of the molecule is C=CCN1C(=O)/C(=C/c2c(NCC(C)C)nc3ccc(C)cn3c2=O)SC1=S. The molecule has 146 valence electrons. The van der Waals surface area contributed by atoms with Gasteiger partial charge in [0.25, 0.3) is 11.5 Å². The van der Waals surface area contributed by atoms with Crippen LogP contribution in [0, 0.1) is 12.8 Å². The van der Waals surface area contributed by atoms with Crippen molar-refractivity contribution in [3.8, 4) is 0 Å². The number of pyridine rings is 1. The zero-order chi connectivity index (χ0) is 20.4. The summed E-state index contributed by atoms with van der Waals surface area (Å²) in [6.07, 6.45) is 4.96. The number of amides is 1. The number of thioether (sulfide) groups is 1. The summed E-state index contributed by atoms with van der Waals surface area (Å²) in [7, 11) is 0. The van der Waals surface area contributed by atoms with Gasteiger partial charge in [0.05, 0.1) is 10.5 Å². The van der Waals surface area contributed by atoms with Crippen molar-refractivity contribution in [2.75, 3.05) is 18.4 Å². The zero-order valence-electron chi connectivity index (χ0n) is 16.1. The van der Waals surface area contributed by atoms with E-state index in [4.69, 9.17) is 12.2 Å². The lowest BCUT2D eigenvalue weighted by Gasteiger charge is -2.13. The Morgan fingerprint density at radius 3 is 2.79 bits per heavy atom. The number of hydrogen-bond acceptors (Lipinski definition) is 6. The molecule has 1 N–H and O–H groups in total. The van der Waals surface area contributed by atoms with E-state index in [1.54, 1.807) is 18.3 Å². The van der Waals surface area contributed by atoms with E-state index in [9.17, 15) is 9.59 Å². The predicted molar refractivity (Wildman–Crippen MR) is 120 cm³/mol. The van der Waals surface area contributed by atoms with E-state index in [1.807, 2.05) is 19.1 Å². The highest BCUT2D eigenvalue weighted by molar-refractivity contribution is 8.26. The summed E-state index contributed by atoms with van der Waals surface area (Å²) < 4.78 is 1.96.